The van der Waals surface area contributed by atoms with Crippen molar-refractivity contribution < 1.29 is 9.53 Å². The van der Waals surface area contributed by atoms with Gasteiger partial charge in [0.25, 0.3) is 0 Å². The molecule has 88 valence electrons. The van der Waals surface area contributed by atoms with Crippen LogP contribution in [0, 0.1) is 0 Å². The number of benzene rings is 1. The van der Waals surface area contributed by atoms with Crippen LogP contribution in [0.1, 0.15) is 17.5 Å². The second-order valence-corrected chi connectivity index (χ2v) is 5.07. The first-order valence-electron chi connectivity index (χ1n) is 5.08. The van der Waals surface area contributed by atoms with Gasteiger partial charge >= 0.3 is 5.97 Å². The minimum atomic E-state index is -0.202. The third-order valence-corrected chi connectivity index (χ3v) is 3.65. The maximum atomic E-state index is 11.3. The largest absolute Gasteiger partial charge is 0.469 e. The van der Waals surface area contributed by atoms with Crippen molar-refractivity contribution in [3.63, 3.8) is 0 Å². The van der Waals surface area contributed by atoms with Crippen molar-refractivity contribution in [1.29, 1.82) is 0 Å². The molecular weight excluding hydrogens is 336 g/mol. The Balaban J connectivity index is 2.89. The van der Waals surface area contributed by atoms with Gasteiger partial charge in [-0.05, 0) is 30.0 Å². The molecule has 0 N–H and O–H groups in total. The Kier molecular flexibility index (Phi) is 6.06. The summed E-state index contributed by atoms with van der Waals surface area (Å²) in [5.74, 6) is -0.202. The van der Waals surface area contributed by atoms with E-state index in [1.54, 1.807) is 0 Å². The monoisotopic (exact) mass is 348 g/mol. The van der Waals surface area contributed by atoms with E-state index in [9.17, 15) is 4.79 Å². The van der Waals surface area contributed by atoms with Gasteiger partial charge < -0.3 is 4.74 Å². The second-order valence-electron chi connectivity index (χ2n) is 3.42. The summed E-state index contributed by atoms with van der Waals surface area (Å²) in [6.45, 7) is 0. The summed E-state index contributed by atoms with van der Waals surface area (Å²) in [5, 5.41) is 0.969. The highest BCUT2D eigenvalue weighted by atomic mass is 79.9. The van der Waals surface area contributed by atoms with E-state index in [0.717, 1.165) is 28.2 Å². The Morgan fingerprint density at radius 2 is 2.19 bits per heavy atom. The molecule has 16 heavy (non-hydrogen) atoms. The fourth-order valence-electron chi connectivity index (χ4n) is 1.51. The standard InChI is InChI=1S/C12H14Br2O2/c1-16-12(15)8-10-9(5-3-7-13)4-2-6-11(10)14/h2,4,6H,3,5,7-8H2,1H3. The summed E-state index contributed by atoms with van der Waals surface area (Å²) in [4.78, 5) is 11.3. The van der Waals surface area contributed by atoms with Crippen LogP contribution in [0.15, 0.2) is 22.7 Å². The van der Waals surface area contributed by atoms with Crippen LogP contribution in [-0.2, 0) is 22.4 Å². The highest BCUT2D eigenvalue weighted by Crippen LogP contribution is 2.23. The van der Waals surface area contributed by atoms with Crippen molar-refractivity contribution >= 4 is 37.8 Å². The van der Waals surface area contributed by atoms with Crippen molar-refractivity contribution in [1.82, 2.24) is 0 Å². The summed E-state index contributed by atoms with van der Waals surface area (Å²) < 4.78 is 5.68. The van der Waals surface area contributed by atoms with E-state index in [-0.39, 0.29) is 5.97 Å². The molecule has 1 aromatic carbocycles. The van der Waals surface area contributed by atoms with Crippen molar-refractivity contribution in [2.75, 3.05) is 12.4 Å². The third kappa shape index (κ3) is 3.91. The Bertz CT molecular complexity index is 364. The lowest BCUT2D eigenvalue weighted by molar-refractivity contribution is -0.139. The molecule has 0 aliphatic heterocycles. The lowest BCUT2D eigenvalue weighted by Gasteiger charge is -2.10. The van der Waals surface area contributed by atoms with Crippen LogP contribution in [0.3, 0.4) is 0 Å². The molecular formula is C12H14Br2O2. The fourth-order valence-corrected chi connectivity index (χ4v) is 2.34. The van der Waals surface area contributed by atoms with Crippen molar-refractivity contribution in [2.24, 2.45) is 0 Å². The first-order chi connectivity index (χ1) is 7.69. The number of halogens is 2. The van der Waals surface area contributed by atoms with Crippen LogP contribution in [0.25, 0.3) is 0 Å². The SMILES string of the molecule is COC(=O)Cc1c(Br)cccc1CCCBr. The smallest absolute Gasteiger partial charge is 0.310 e. The normalized spacial score (nSPS) is 10.2. The number of hydrogen-bond donors (Lipinski definition) is 0. The van der Waals surface area contributed by atoms with Gasteiger partial charge in [0.05, 0.1) is 13.5 Å². The van der Waals surface area contributed by atoms with Crippen molar-refractivity contribution in [2.45, 2.75) is 19.3 Å². The van der Waals surface area contributed by atoms with E-state index in [4.69, 9.17) is 4.74 Å². The van der Waals surface area contributed by atoms with E-state index < -0.39 is 0 Å². The van der Waals surface area contributed by atoms with Gasteiger partial charge in [-0.1, -0.05) is 44.0 Å². The zero-order valence-electron chi connectivity index (χ0n) is 9.13. The fraction of sp³-hybridized carbons (Fsp3) is 0.417. The number of rotatable bonds is 5. The molecule has 0 aromatic heterocycles. The van der Waals surface area contributed by atoms with E-state index in [0.29, 0.717) is 6.42 Å². The molecule has 0 fully saturated rings. The van der Waals surface area contributed by atoms with Crippen LogP contribution < -0.4 is 0 Å². The molecule has 0 unspecified atom stereocenters. The molecule has 0 amide bonds. The minimum Gasteiger partial charge on any atom is -0.469 e. The number of hydrogen-bond acceptors (Lipinski definition) is 2. The molecule has 0 saturated heterocycles. The zero-order valence-corrected chi connectivity index (χ0v) is 12.3. The second kappa shape index (κ2) is 7.07. The molecule has 0 bridgehead atoms. The molecule has 1 aromatic rings. The first kappa shape index (κ1) is 13.7. The van der Waals surface area contributed by atoms with Gasteiger partial charge in [-0.15, -0.1) is 0 Å². The van der Waals surface area contributed by atoms with Gasteiger partial charge in [-0.2, -0.15) is 0 Å². The van der Waals surface area contributed by atoms with Crippen molar-refractivity contribution in [3.05, 3.63) is 33.8 Å². The molecule has 0 saturated carbocycles. The topological polar surface area (TPSA) is 26.3 Å². The predicted molar refractivity (Wildman–Crippen MR) is 72.0 cm³/mol. The third-order valence-electron chi connectivity index (χ3n) is 2.34. The summed E-state index contributed by atoms with van der Waals surface area (Å²) in [6, 6.07) is 6.01. The predicted octanol–water partition coefficient (Wildman–Crippen LogP) is 3.49. The average Bonchev–Trinajstić information content (AvgIpc) is 2.29. The Morgan fingerprint density at radius 3 is 2.81 bits per heavy atom. The van der Waals surface area contributed by atoms with Gasteiger partial charge in [0.15, 0.2) is 0 Å². The number of aryl methyl sites for hydroxylation is 1. The molecule has 0 spiro atoms. The van der Waals surface area contributed by atoms with Crippen LogP contribution in [0.5, 0.6) is 0 Å². The molecule has 1 rings (SSSR count). The van der Waals surface area contributed by atoms with Gasteiger partial charge in [-0.3, -0.25) is 4.79 Å². The van der Waals surface area contributed by atoms with Gasteiger partial charge in [0, 0.05) is 9.80 Å². The molecule has 0 atom stereocenters. The summed E-state index contributed by atoms with van der Waals surface area (Å²) in [7, 11) is 1.41. The maximum absolute atomic E-state index is 11.3. The lowest BCUT2D eigenvalue weighted by atomic mass is 10.0. The van der Waals surface area contributed by atoms with E-state index in [1.165, 1.54) is 12.7 Å². The molecule has 2 nitrogen and oxygen atoms in total. The Morgan fingerprint density at radius 1 is 1.44 bits per heavy atom. The number of carbonyl (C=O) groups is 1. The molecule has 0 aliphatic carbocycles. The minimum absolute atomic E-state index is 0.202. The molecule has 0 heterocycles. The van der Waals surface area contributed by atoms with E-state index in [1.807, 2.05) is 12.1 Å². The van der Waals surface area contributed by atoms with Crippen LogP contribution in [-0.4, -0.2) is 18.4 Å². The van der Waals surface area contributed by atoms with Crippen LogP contribution in [0.4, 0.5) is 0 Å². The highest BCUT2D eigenvalue weighted by Gasteiger charge is 2.11. The van der Waals surface area contributed by atoms with Crippen LogP contribution in [0.2, 0.25) is 0 Å². The molecule has 0 radical (unpaired) electrons. The summed E-state index contributed by atoms with van der Waals surface area (Å²) in [5.41, 5.74) is 2.24. The molecule has 0 aliphatic rings. The van der Waals surface area contributed by atoms with E-state index in [2.05, 4.69) is 37.9 Å². The lowest BCUT2D eigenvalue weighted by Crippen LogP contribution is -2.07. The number of alkyl halides is 1. The number of esters is 1. The molecule has 4 heteroatoms. The average molecular weight is 350 g/mol. The quantitative estimate of drug-likeness (QED) is 0.600. The number of carbonyl (C=O) groups excluding carboxylic acids is 1. The summed E-state index contributed by atoms with van der Waals surface area (Å²) in [6.07, 6.45) is 2.36. The van der Waals surface area contributed by atoms with Gasteiger partial charge in [0.2, 0.25) is 0 Å². The first-order valence-corrected chi connectivity index (χ1v) is 6.99. The Labute approximate surface area is 113 Å². The van der Waals surface area contributed by atoms with E-state index >= 15 is 0 Å². The highest BCUT2D eigenvalue weighted by molar-refractivity contribution is 9.10. The zero-order chi connectivity index (χ0) is 12.0. The number of ether oxygens (including phenoxy) is 1. The van der Waals surface area contributed by atoms with Gasteiger partial charge in [-0.25, -0.2) is 0 Å². The number of methoxy groups -OCH3 is 1. The summed E-state index contributed by atoms with van der Waals surface area (Å²) >= 11 is 6.89. The Hall–Kier alpha value is -0.350. The van der Waals surface area contributed by atoms with Crippen molar-refractivity contribution in [3.8, 4) is 0 Å². The van der Waals surface area contributed by atoms with Crippen LogP contribution >= 0.6 is 31.9 Å². The van der Waals surface area contributed by atoms with Gasteiger partial charge in [0.1, 0.15) is 0 Å². The maximum Gasteiger partial charge on any atom is 0.310 e.